The van der Waals surface area contributed by atoms with Crippen molar-refractivity contribution < 1.29 is 4.42 Å². The lowest BCUT2D eigenvalue weighted by Crippen LogP contribution is -2.15. The van der Waals surface area contributed by atoms with Crippen molar-refractivity contribution >= 4 is 73.4 Å². The van der Waals surface area contributed by atoms with Gasteiger partial charge < -0.3 is 13.6 Å². The summed E-state index contributed by atoms with van der Waals surface area (Å²) < 4.78 is 11.6. The molecule has 7 aromatic heterocycles. The standard InChI is InChI=1S/C60H42N6O/c1-37-33-42(66-51-25-19-38(34-46(51)58-54(66)18-10-31-63-58)43-12-2-3-13-44(43)49-15-4-6-29-61-49)23-28-56-57(37)45-24-21-41(22-27-55(45)67-56)65-52-26-20-39(35-47(52)59-53(65)17-9-32-64-59)60-36-40(60)11-8-14-48(60)50-16-5-7-30-62-50/h2-20,22-32,34-35,37,40,42H,33,36H2,1H3. The van der Waals surface area contributed by atoms with Crippen LogP contribution in [0.4, 0.5) is 0 Å². The van der Waals surface area contributed by atoms with Gasteiger partial charge in [0.2, 0.25) is 0 Å². The maximum Gasteiger partial charge on any atom is 0.135 e. The summed E-state index contributed by atoms with van der Waals surface area (Å²) in [4.78, 5) is 19.4. The number of rotatable bonds is 6. The van der Waals surface area contributed by atoms with E-state index in [4.69, 9.17) is 19.4 Å². The van der Waals surface area contributed by atoms with Crippen LogP contribution in [0.3, 0.4) is 0 Å². The van der Waals surface area contributed by atoms with Crippen molar-refractivity contribution in [2.75, 3.05) is 0 Å². The van der Waals surface area contributed by atoms with E-state index in [-0.39, 0.29) is 17.4 Å². The molecule has 7 heteroatoms. The average molecular weight is 863 g/mol. The van der Waals surface area contributed by atoms with Crippen LogP contribution < -0.4 is 0 Å². The minimum Gasteiger partial charge on any atom is -0.456 e. The molecule has 318 valence electrons. The number of pyridine rings is 4. The number of benzene rings is 3. The zero-order valence-electron chi connectivity index (χ0n) is 36.7. The molecule has 67 heavy (non-hydrogen) atoms. The minimum absolute atomic E-state index is 0.0705. The summed E-state index contributed by atoms with van der Waals surface area (Å²) in [5.74, 6) is 2.39. The van der Waals surface area contributed by atoms with Gasteiger partial charge in [0.05, 0.1) is 56.2 Å². The first-order chi connectivity index (χ1) is 33.1. The lowest BCUT2D eigenvalue weighted by molar-refractivity contribution is 0.524. The molecule has 0 amide bonds. The molecule has 0 saturated heterocycles. The third-order valence-electron chi connectivity index (χ3n) is 14.7. The molecule has 4 atom stereocenters. The number of nitrogens with zero attached hydrogens (tertiary/aromatic N) is 6. The summed E-state index contributed by atoms with van der Waals surface area (Å²) in [6, 6.07) is 43.1. The van der Waals surface area contributed by atoms with E-state index in [1.54, 1.807) is 0 Å². The van der Waals surface area contributed by atoms with Crippen molar-refractivity contribution in [2.45, 2.75) is 37.1 Å². The van der Waals surface area contributed by atoms with Crippen molar-refractivity contribution in [2.24, 2.45) is 5.92 Å². The largest absolute Gasteiger partial charge is 0.456 e. The van der Waals surface area contributed by atoms with Gasteiger partial charge in [0, 0.05) is 57.7 Å². The minimum atomic E-state index is -0.0894. The topological polar surface area (TPSA) is 74.6 Å². The van der Waals surface area contributed by atoms with Gasteiger partial charge in [-0.2, -0.15) is 0 Å². The molecule has 7 heterocycles. The number of allylic oxidation sites excluding steroid dienone is 7. The maximum absolute atomic E-state index is 6.78. The van der Waals surface area contributed by atoms with E-state index >= 15 is 0 Å². The Labute approximate surface area is 386 Å². The molecule has 10 aromatic rings. The van der Waals surface area contributed by atoms with Gasteiger partial charge in [0.15, 0.2) is 0 Å². The molecule has 7 nitrogen and oxygen atoms in total. The predicted molar refractivity (Wildman–Crippen MR) is 271 cm³/mol. The fourth-order valence-electron chi connectivity index (χ4n) is 11.7. The molecule has 1 fully saturated rings. The molecule has 0 bridgehead atoms. The summed E-state index contributed by atoms with van der Waals surface area (Å²) in [6.45, 7) is 2.33. The molecule has 14 rings (SSSR count). The highest BCUT2D eigenvalue weighted by Gasteiger charge is 2.58. The predicted octanol–water partition coefficient (Wildman–Crippen LogP) is 14.3. The van der Waals surface area contributed by atoms with Crippen molar-refractivity contribution in [1.29, 1.82) is 0 Å². The molecular weight excluding hydrogens is 821 g/mol. The molecule has 0 radical (unpaired) electrons. The zero-order chi connectivity index (χ0) is 44.2. The van der Waals surface area contributed by atoms with Crippen LogP contribution in [0.2, 0.25) is 0 Å². The quantitative estimate of drug-likeness (QED) is 0.156. The summed E-state index contributed by atoms with van der Waals surface area (Å²) in [5, 5.41) is 2.27. The Bertz CT molecular complexity index is 3890. The third kappa shape index (κ3) is 5.71. The van der Waals surface area contributed by atoms with Crippen LogP contribution in [-0.4, -0.2) is 29.1 Å². The lowest BCUT2D eigenvalue weighted by atomic mass is 9.81. The molecular formula is C60H42N6O. The Kier molecular flexibility index (Phi) is 8.25. The first kappa shape index (κ1) is 37.9. The Morgan fingerprint density at radius 1 is 0.642 bits per heavy atom. The SMILES string of the molecule is CC1CC(n2c3ccc(-c4ccccc4-c4ccccn4)cc3c3ncccc32)C=Cc2oc3c(c21)C=C=C(n1c2ccc(C45CC4C=CC=C5c4ccccn4)cc2c2ncccc21)C=C3. The van der Waals surface area contributed by atoms with Gasteiger partial charge in [-0.05, 0) is 144 Å². The summed E-state index contributed by atoms with van der Waals surface area (Å²) in [7, 11) is 0. The fourth-order valence-corrected chi connectivity index (χ4v) is 11.7. The van der Waals surface area contributed by atoms with Gasteiger partial charge in [-0.15, -0.1) is 0 Å². The lowest BCUT2D eigenvalue weighted by Gasteiger charge is -2.23. The van der Waals surface area contributed by atoms with Crippen LogP contribution in [0, 0.1) is 5.92 Å². The van der Waals surface area contributed by atoms with Crippen LogP contribution in [0.25, 0.3) is 95.8 Å². The second kappa shape index (κ2) is 14.6. The molecule has 0 aliphatic heterocycles. The summed E-state index contributed by atoms with van der Waals surface area (Å²) in [5.41, 5.74) is 21.3. The van der Waals surface area contributed by atoms with Gasteiger partial charge in [-0.3, -0.25) is 19.9 Å². The van der Waals surface area contributed by atoms with Crippen LogP contribution in [0.5, 0.6) is 0 Å². The molecule has 4 unspecified atom stereocenters. The van der Waals surface area contributed by atoms with Crippen molar-refractivity contribution in [3.63, 3.8) is 0 Å². The van der Waals surface area contributed by atoms with Gasteiger partial charge in [0.1, 0.15) is 11.5 Å². The highest BCUT2D eigenvalue weighted by atomic mass is 16.3. The third-order valence-corrected chi connectivity index (χ3v) is 14.7. The van der Waals surface area contributed by atoms with Crippen LogP contribution in [-0.2, 0) is 5.41 Å². The van der Waals surface area contributed by atoms with Gasteiger partial charge in [-0.1, -0.05) is 85.5 Å². The average Bonchev–Trinajstić information content (AvgIpc) is 3.91. The molecule has 4 aliphatic rings. The second-order valence-corrected chi connectivity index (χ2v) is 18.4. The number of hydrogen-bond acceptors (Lipinski definition) is 5. The highest BCUT2D eigenvalue weighted by Crippen LogP contribution is 2.64. The fraction of sp³-hybridized carbons (Fsp3) is 0.117. The van der Waals surface area contributed by atoms with E-state index in [9.17, 15) is 0 Å². The second-order valence-electron chi connectivity index (χ2n) is 18.4. The number of furan rings is 1. The van der Waals surface area contributed by atoms with E-state index < -0.39 is 0 Å². The van der Waals surface area contributed by atoms with E-state index in [0.29, 0.717) is 5.92 Å². The first-order valence-corrected chi connectivity index (χ1v) is 23.2. The summed E-state index contributed by atoms with van der Waals surface area (Å²) >= 11 is 0. The van der Waals surface area contributed by atoms with Gasteiger partial charge >= 0.3 is 0 Å². The number of hydrogen-bond donors (Lipinski definition) is 0. The van der Waals surface area contributed by atoms with Crippen molar-refractivity contribution in [3.05, 3.63) is 216 Å². The van der Waals surface area contributed by atoms with Crippen LogP contribution >= 0.6 is 0 Å². The van der Waals surface area contributed by atoms with E-state index in [0.717, 1.165) is 108 Å². The molecule has 0 N–H and O–H groups in total. The Balaban J connectivity index is 0.823. The van der Waals surface area contributed by atoms with E-state index in [2.05, 4.69) is 166 Å². The van der Waals surface area contributed by atoms with E-state index in [1.807, 2.05) is 55.1 Å². The molecule has 1 saturated carbocycles. The van der Waals surface area contributed by atoms with Gasteiger partial charge in [0.25, 0.3) is 0 Å². The highest BCUT2D eigenvalue weighted by molar-refractivity contribution is 6.10. The van der Waals surface area contributed by atoms with Crippen LogP contribution in [0.15, 0.2) is 187 Å². The molecule has 0 spiro atoms. The number of fused-ring (bicyclic) bond motifs is 10. The molecule has 3 aromatic carbocycles. The van der Waals surface area contributed by atoms with Crippen molar-refractivity contribution in [1.82, 2.24) is 29.1 Å². The summed E-state index contributed by atoms with van der Waals surface area (Å²) in [6.07, 6.45) is 27.2. The maximum atomic E-state index is 6.78. The molecule has 4 aliphatic carbocycles. The Morgan fingerprint density at radius 3 is 2.22 bits per heavy atom. The van der Waals surface area contributed by atoms with Crippen LogP contribution in [0.1, 0.15) is 65.6 Å². The monoisotopic (exact) mass is 862 g/mol. The smallest absolute Gasteiger partial charge is 0.135 e. The zero-order valence-corrected chi connectivity index (χ0v) is 36.7. The normalized spacial score (nSPS) is 20.4. The Hall–Kier alpha value is -8.38. The van der Waals surface area contributed by atoms with Gasteiger partial charge in [-0.25, -0.2) is 0 Å². The van der Waals surface area contributed by atoms with Crippen molar-refractivity contribution in [3.8, 4) is 22.4 Å². The number of aromatic nitrogens is 6. The Morgan fingerprint density at radius 2 is 1.39 bits per heavy atom. The first-order valence-electron chi connectivity index (χ1n) is 23.2. The van der Waals surface area contributed by atoms with E-state index in [1.165, 1.54) is 16.7 Å².